The highest BCUT2D eigenvalue weighted by molar-refractivity contribution is 5.66. The number of nitro groups is 1. The molecule has 1 aromatic heterocycles. The van der Waals surface area contributed by atoms with E-state index in [0.29, 0.717) is 11.5 Å². The van der Waals surface area contributed by atoms with Gasteiger partial charge in [0.2, 0.25) is 0 Å². The molecule has 0 atom stereocenters. The molecule has 0 spiro atoms. The largest absolute Gasteiger partial charge is 0.497 e. The summed E-state index contributed by atoms with van der Waals surface area (Å²) in [5.74, 6) is 2.51. The van der Waals surface area contributed by atoms with Gasteiger partial charge in [0.05, 0.1) is 25.6 Å². The zero-order valence-corrected chi connectivity index (χ0v) is 17.8. The van der Waals surface area contributed by atoms with Gasteiger partial charge in [-0.05, 0) is 42.3 Å². The molecule has 7 heteroatoms. The number of imidazole rings is 1. The summed E-state index contributed by atoms with van der Waals surface area (Å²) in [5.41, 5.74) is 5.19. The van der Waals surface area contributed by atoms with E-state index in [0.717, 1.165) is 41.3 Å². The maximum absolute atomic E-state index is 11.1. The van der Waals surface area contributed by atoms with Crippen molar-refractivity contribution in [3.63, 3.8) is 0 Å². The van der Waals surface area contributed by atoms with Crippen molar-refractivity contribution in [2.24, 2.45) is 0 Å². The molecule has 0 saturated carbocycles. The van der Waals surface area contributed by atoms with Crippen molar-refractivity contribution >= 4 is 5.69 Å². The molecule has 160 valence electrons. The molecule has 7 nitrogen and oxygen atoms in total. The number of fused-ring (bicyclic) bond motifs is 3. The molecule has 0 unspecified atom stereocenters. The van der Waals surface area contributed by atoms with Crippen molar-refractivity contribution < 1.29 is 19.0 Å². The van der Waals surface area contributed by atoms with E-state index in [9.17, 15) is 10.1 Å². The Morgan fingerprint density at radius 3 is 2.47 bits per heavy atom. The van der Waals surface area contributed by atoms with Crippen molar-refractivity contribution in [1.29, 1.82) is 0 Å². The van der Waals surface area contributed by atoms with E-state index in [1.54, 1.807) is 26.4 Å². The number of non-ortho nitro benzene ring substituents is 1. The molecule has 5 rings (SSSR count). The van der Waals surface area contributed by atoms with Crippen LogP contribution in [0.1, 0.15) is 11.4 Å². The van der Waals surface area contributed by atoms with Crippen LogP contribution in [0.4, 0.5) is 5.69 Å². The van der Waals surface area contributed by atoms with E-state index in [1.165, 1.54) is 17.7 Å². The van der Waals surface area contributed by atoms with Crippen molar-refractivity contribution in [2.45, 2.75) is 12.8 Å². The van der Waals surface area contributed by atoms with Crippen molar-refractivity contribution in [1.82, 2.24) is 4.57 Å². The van der Waals surface area contributed by atoms with Crippen LogP contribution in [0, 0.1) is 10.1 Å². The van der Waals surface area contributed by atoms with Crippen LogP contribution in [-0.4, -0.2) is 23.7 Å². The molecule has 0 N–H and O–H groups in total. The topological polar surface area (TPSA) is 70.4 Å². The first kappa shape index (κ1) is 19.8. The van der Waals surface area contributed by atoms with Crippen molar-refractivity contribution in [2.75, 3.05) is 14.2 Å². The van der Waals surface area contributed by atoms with Gasteiger partial charge in [0, 0.05) is 23.8 Å². The molecular formula is C25H22N3O4+. The molecule has 0 aliphatic carbocycles. The Kier molecular flexibility index (Phi) is 4.86. The first-order valence-electron chi connectivity index (χ1n) is 10.3. The van der Waals surface area contributed by atoms with Crippen LogP contribution in [0.3, 0.4) is 0 Å². The molecule has 4 aromatic rings. The zero-order chi connectivity index (χ0) is 22.2. The van der Waals surface area contributed by atoms with E-state index in [1.807, 2.05) is 24.3 Å². The fourth-order valence-electron chi connectivity index (χ4n) is 4.34. The standard InChI is InChI=1S/C25H22N3O4/c1-31-20-12-13-22(24(15-20)32-2)27-23(18-7-10-19(11-8-18)28(29)30)16-26-21-6-4-3-5-17(21)9-14-25(26)27/h3-8,10-13,15-16H,9,14H2,1-2H3/q+1. The monoisotopic (exact) mass is 428 g/mol. The van der Waals surface area contributed by atoms with Gasteiger partial charge in [-0.15, -0.1) is 0 Å². The highest BCUT2D eigenvalue weighted by atomic mass is 16.6. The van der Waals surface area contributed by atoms with Gasteiger partial charge >= 0.3 is 0 Å². The number of para-hydroxylation sites is 1. The maximum atomic E-state index is 11.1. The smallest absolute Gasteiger partial charge is 0.269 e. The molecule has 1 aliphatic rings. The number of methoxy groups -OCH3 is 2. The van der Waals surface area contributed by atoms with Gasteiger partial charge in [0.15, 0.2) is 17.1 Å². The lowest BCUT2D eigenvalue weighted by Gasteiger charge is -2.15. The van der Waals surface area contributed by atoms with Crippen LogP contribution in [0.5, 0.6) is 11.5 Å². The maximum Gasteiger partial charge on any atom is 0.269 e. The minimum Gasteiger partial charge on any atom is -0.497 e. The Bertz CT molecular complexity index is 1330. The minimum atomic E-state index is -0.384. The molecule has 32 heavy (non-hydrogen) atoms. The summed E-state index contributed by atoms with van der Waals surface area (Å²) in [7, 11) is 3.27. The van der Waals surface area contributed by atoms with Gasteiger partial charge in [-0.25, -0.2) is 0 Å². The van der Waals surface area contributed by atoms with Crippen LogP contribution in [-0.2, 0) is 12.8 Å². The summed E-state index contributed by atoms with van der Waals surface area (Å²) in [6.45, 7) is 0. The Balaban J connectivity index is 1.77. The molecule has 2 heterocycles. The fraction of sp³-hybridized carbons (Fsp3) is 0.160. The highest BCUT2D eigenvalue weighted by Gasteiger charge is 2.32. The summed E-state index contributed by atoms with van der Waals surface area (Å²) in [4.78, 5) is 10.8. The lowest BCUT2D eigenvalue weighted by Crippen LogP contribution is -2.39. The van der Waals surface area contributed by atoms with Crippen molar-refractivity contribution in [3.8, 4) is 34.1 Å². The second kappa shape index (κ2) is 7.85. The van der Waals surface area contributed by atoms with E-state index < -0.39 is 0 Å². The average Bonchev–Trinajstić information content (AvgIpc) is 3.23. The number of hydrogen-bond donors (Lipinski definition) is 0. The van der Waals surface area contributed by atoms with Gasteiger partial charge < -0.3 is 9.47 Å². The third kappa shape index (κ3) is 3.19. The molecule has 0 fully saturated rings. The molecule has 0 radical (unpaired) electrons. The van der Waals surface area contributed by atoms with Crippen molar-refractivity contribution in [3.05, 3.63) is 94.4 Å². The summed E-state index contributed by atoms with van der Waals surface area (Å²) >= 11 is 0. The number of nitrogens with zero attached hydrogens (tertiary/aromatic N) is 3. The molecule has 0 saturated heterocycles. The third-order valence-electron chi connectivity index (χ3n) is 5.90. The number of ether oxygens (including phenoxy) is 2. The summed E-state index contributed by atoms with van der Waals surface area (Å²) in [6.07, 6.45) is 3.87. The fourth-order valence-corrected chi connectivity index (χ4v) is 4.34. The molecular weight excluding hydrogens is 406 g/mol. The van der Waals surface area contributed by atoms with Crippen LogP contribution < -0.4 is 14.0 Å². The summed E-state index contributed by atoms with van der Waals surface area (Å²) in [5, 5.41) is 11.1. The van der Waals surface area contributed by atoms with E-state index in [-0.39, 0.29) is 10.6 Å². The predicted molar refractivity (Wildman–Crippen MR) is 120 cm³/mol. The third-order valence-corrected chi connectivity index (χ3v) is 5.90. The van der Waals surface area contributed by atoms with Gasteiger partial charge in [0.25, 0.3) is 11.5 Å². The quantitative estimate of drug-likeness (QED) is 0.268. The van der Waals surface area contributed by atoms with Gasteiger partial charge in [-0.3, -0.25) is 10.1 Å². The second-order valence-corrected chi connectivity index (χ2v) is 7.61. The minimum absolute atomic E-state index is 0.0663. The first-order chi connectivity index (χ1) is 15.6. The number of aryl methyl sites for hydroxylation is 1. The van der Waals surface area contributed by atoms with Gasteiger partial charge in [0.1, 0.15) is 17.6 Å². The zero-order valence-electron chi connectivity index (χ0n) is 17.8. The molecule has 0 bridgehead atoms. The first-order valence-corrected chi connectivity index (χ1v) is 10.3. The normalized spacial score (nSPS) is 12.1. The van der Waals surface area contributed by atoms with Gasteiger partial charge in [-0.1, -0.05) is 18.2 Å². The number of aromatic nitrogens is 2. The van der Waals surface area contributed by atoms with E-state index in [4.69, 9.17) is 9.47 Å². The molecule has 3 aromatic carbocycles. The Hall–Kier alpha value is -4.13. The van der Waals surface area contributed by atoms with Crippen LogP contribution in [0.2, 0.25) is 0 Å². The van der Waals surface area contributed by atoms with Crippen LogP contribution in [0.15, 0.2) is 72.9 Å². The average molecular weight is 428 g/mol. The van der Waals surface area contributed by atoms with E-state index >= 15 is 0 Å². The summed E-state index contributed by atoms with van der Waals surface area (Å²) in [6, 6.07) is 20.8. The molecule has 0 amide bonds. The Morgan fingerprint density at radius 2 is 1.75 bits per heavy atom. The van der Waals surface area contributed by atoms with Crippen LogP contribution in [0.25, 0.3) is 22.6 Å². The summed E-state index contributed by atoms with van der Waals surface area (Å²) < 4.78 is 15.5. The number of rotatable bonds is 5. The SMILES string of the molecule is COc1ccc(-n2c(-c3ccc([N+](=O)[O-])cc3)c[n+]3c2CCc2ccccc2-3)c(OC)c1. The Labute approximate surface area is 185 Å². The van der Waals surface area contributed by atoms with Crippen LogP contribution >= 0.6 is 0 Å². The second-order valence-electron chi connectivity index (χ2n) is 7.61. The predicted octanol–water partition coefficient (Wildman–Crippen LogP) is 4.45. The lowest BCUT2D eigenvalue weighted by atomic mass is 10.0. The number of nitro benzene ring substituents is 1. The number of hydrogen-bond acceptors (Lipinski definition) is 4. The van der Waals surface area contributed by atoms with Gasteiger partial charge in [-0.2, -0.15) is 9.13 Å². The Morgan fingerprint density at radius 1 is 0.969 bits per heavy atom. The van der Waals surface area contributed by atoms with E-state index in [2.05, 4.69) is 33.5 Å². The highest BCUT2D eigenvalue weighted by Crippen LogP contribution is 2.35. The molecule has 1 aliphatic heterocycles. The number of benzene rings is 3. The lowest BCUT2D eigenvalue weighted by molar-refractivity contribution is -0.606.